The second-order valence-corrected chi connectivity index (χ2v) is 4.51. The van der Waals surface area contributed by atoms with E-state index in [0.29, 0.717) is 0 Å². The van der Waals surface area contributed by atoms with Gasteiger partial charge in [0.25, 0.3) is 0 Å². The molecule has 2 rings (SSSR count). The third-order valence-corrected chi connectivity index (χ3v) is 2.87. The minimum atomic E-state index is -4.68. The maximum Gasteiger partial charge on any atom is 0.573 e. The van der Waals surface area contributed by atoms with Gasteiger partial charge in [-0.2, -0.15) is 0 Å². The summed E-state index contributed by atoms with van der Waals surface area (Å²) in [6.45, 7) is 1.95. The molecular formula is C15H14F3NO. The molecule has 0 fully saturated rings. The van der Waals surface area contributed by atoms with Crippen molar-refractivity contribution in [3.8, 4) is 5.75 Å². The summed E-state index contributed by atoms with van der Waals surface area (Å²) in [5.41, 5.74) is 8.82. The van der Waals surface area contributed by atoms with Gasteiger partial charge in [-0.15, -0.1) is 13.2 Å². The van der Waals surface area contributed by atoms with E-state index >= 15 is 0 Å². The number of benzene rings is 2. The summed E-state index contributed by atoms with van der Waals surface area (Å²) >= 11 is 0. The fourth-order valence-corrected chi connectivity index (χ4v) is 1.93. The fourth-order valence-electron chi connectivity index (χ4n) is 1.93. The quantitative estimate of drug-likeness (QED) is 0.924. The molecule has 2 nitrogen and oxygen atoms in total. The lowest BCUT2D eigenvalue weighted by Gasteiger charge is -2.14. The Labute approximate surface area is 115 Å². The van der Waals surface area contributed by atoms with Crippen LogP contribution in [0.2, 0.25) is 0 Å². The molecular weight excluding hydrogens is 267 g/mol. The zero-order valence-electron chi connectivity index (χ0n) is 10.8. The number of nitrogens with two attached hydrogens (primary N) is 1. The number of halogens is 3. The van der Waals surface area contributed by atoms with Crippen molar-refractivity contribution >= 4 is 0 Å². The van der Waals surface area contributed by atoms with Crippen LogP contribution in [0.1, 0.15) is 22.7 Å². The zero-order valence-corrected chi connectivity index (χ0v) is 10.8. The van der Waals surface area contributed by atoms with E-state index in [1.807, 2.05) is 31.2 Å². The molecule has 1 atom stereocenters. The summed E-state index contributed by atoms with van der Waals surface area (Å²) in [6, 6.07) is 12.9. The SMILES string of the molecule is Cc1cccc([C@H](N)c2ccc(OC(F)(F)F)cc2)c1. The van der Waals surface area contributed by atoms with E-state index in [0.717, 1.165) is 16.7 Å². The summed E-state index contributed by atoms with van der Waals surface area (Å²) in [5, 5.41) is 0. The molecule has 0 aliphatic carbocycles. The Kier molecular flexibility index (Phi) is 3.99. The normalized spacial score (nSPS) is 13.1. The minimum absolute atomic E-state index is 0.252. The number of hydrogen-bond donors (Lipinski definition) is 1. The summed E-state index contributed by atoms with van der Waals surface area (Å²) in [5.74, 6) is -0.252. The average Bonchev–Trinajstić information content (AvgIpc) is 2.37. The highest BCUT2D eigenvalue weighted by Crippen LogP contribution is 2.26. The molecule has 2 N–H and O–H groups in total. The van der Waals surface area contributed by atoms with Crippen molar-refractivity contribution in [2.24, 2.45) is 5.73 Å². The van der Waals surface area contributed by atoms with Crippen LogP contribution in [0.15, 0.2) is 48.5 Å². The Morgan fingerprint density at radius 1 is 1.00 bits per heavy atom. The van der Waals surface area contributed by atoms with Gasteiger partial charge in [0.1, 0.15) is 5.75 Å². The predicted molar refractivity (Wildman–Crippen MR) is 70.3 cm³/mol. The van der Waals surface area contributed by atoms with E-state index in [9.17, 15) is 13.2 Å². The van der Waals surface area contributed by atoms with Crippen molar-refractivity contribution in [3.05, 3.63) is 65.2 Å². The number of hydrogen-bond acceptors (Lipinski definition) is 2. The molecule has 0 aliphatic rings. The van der Waals surface area contributed by atoms with Gasteiger partial charge in [-0.25, -0.2) is 0 Å². The van der Waals surface area contributed by atoms with Gasteiger partial charge in [-0.05, 0) is 30.2 Å². The maximum atomic E-state index is 12.1. The van der Waals surface area contributed by atoms with Crippen molar-refractivity contribution in [1.82, 2.24) is 0 Å². The lowest BCUT2D eigenvalue weighted by Crippen LogP contribution is -2.17. The minimum Gasteiger partial charge on any atom is -0.406 e. The largest absolute Gasteiger partial charge is 0.573 e. The molecule has 0 spiro atoms. The Balaban J connectivity index is 2.17. The van der Waals surface area contributed by atoms with E-state index < -0.39 is 6.36 Å². The molecule has 106 valence electrons. The van der Waals surface area contributed by atoms with Crippen LogP contribution in [0.4, 0.5) is 13.2 Å². The van der Waals surface area contributed by atoms with Gasteiger partial charge in [0.2, 0.25) is 0 Å². The van der Waals surface area contributed by atoms with Crippen LogP contribution in [0, 0.1) is 6.92 Å². The Morgan fingerprint density at radius 3 is 2.20 bits per heavy atom. The van der Waals surface area contributed by atoms with Crippen molar-refractivity contribution < 1.29 is 17.9 Å². The maximum absolute atomic E-state index is 12.1. The molecule has 0 saturated heterocycles. The first-order chi connectivity index (χ1) is 9.35. The average molecular weight is 281 g/mol. The first-order valence-electron chi connectivity index (χ1n) is 6.03. The fraction of sp³-hybridized carbons (Fsp3) is 0.200. The van der Waals surface area contributed by atoms with Crippen LogP contribution >= 0.6 is 0 Å². The Bertz CT molecular complexity index is 578. The van der Waals surface area contributed by atoms with Crippen molar-refractivity contribution in [3.63, 3.8) is 0 Å². The standard InChI is InChI=1S/C15H14F3NO/c1-10-3-2-4-12(9-10)14(19)11-5-7-13(8-6-11)20-15(16,17)18/h2-9,14H,19H2,1H3/t14-/m1/s1. The molecule has 2 aromatic carbocycles. The molecule has 0 saturated carbocycles. The first-order valence-corrected chi connectivity index (χ1v) is 6.03. The number of rotatable bonds is 3. The molecule has 0 bridgehead atoms. The first kappa shape index (κ1) is 14.4. The van der Waals surface area contributed by atoms with Crippen LogP contribution in [0.3, 0.4) is 0 Å². The number of alkyl halides is 3. The van der Waals surface area contributed by atoms with Gasteiger partial charge in [0.15, 0.2) is 0 Å². The molecule has 0 aliphatic heterocycles. The highest BCUT2D eigenvalue weighted by molar-refractivity contribution is 5.36. The summed E-state index contributed by atoms with van der Waals surface area (Å²) < 4.78 is 40.0. The highest BCUT2D eigenvalue weighted by atomic mass is 19.4. The van der Waals surface area contributed by atoms with E-state index in [1.54, 1.807) is 0 Å². The second-order valence-electron chi connectivity index (χ2n) is 4.51. The van der Waals surface area contributed by atoms with Crippen LogP contribution in [0.5, 0.6) is 5.75 Å². The smallest absolute Gasteiger partial charge is 0.406 e. The van der Waals surface area contributed by atoms with Crippen LogP contribution in [0.25, 0.3) is 0 Å². The van der Waals surface area contributed by atoms with E-state index in [1.165, 1.54) is 24.3 Å². The summed E-state index contributed by atoms with van der Waals surface area (Å²) in [4.78, 5) is 0. The lowest BCUT2D eigenvalue weighted by atomic mass is 9.98. The third kappa shape index (κ3) is 3.74. The van der Waals surface area contributed by atoms with E-state index in [2.05, 4.69) is 4.74 Å². The monoisotopic (exact) mass is 281 g/mol. The van der Waals surface area contributed by atoms with Gasteiger partial charge in [0.05, 0.1) is 6.04 Å². The van der Waals surface area contributed by atoms with Gasteiger partial charge >= 0.3 is 6.36 Å². The number of ether oxygens (including phenoxy) is 1. The number of aryl methyl sites for hydroxylation is 1. The third-order valence-electron chi connectivity index (χ3n) is 2.87. The van der Waals surface area contributed by atoms with Crippen molar-refractivity contribution in [2.75, 3.05) is 0 Å². The van der Waals surface area contributed by atoms with Crippen molar-refractivity contribution in [1.29, 1.82) is 0 Å². The van der Waals surface area contributed by atoms with Gasteiger partial charge in [0, 0.05) is 0 Å². The Morgan fingerprint density at radius 2 is 1.65 bits per heavy atom. The van der Waals surface area contributed by atoms with Gasteiger partial charge in [-0.1, -0.05) is 42.0 Å². The molecule has 0 heterocycles. The molecule has 0 aromatic heterocycles. The van der Waals surface area contributed by atoms with Crippen LogP contribution < -0.4 is 10.5 Å². The summed E-state index contributed by atoms with van der Waals surface area (Å²) in [6.07, 6.45) is -4.68. The highest BCUT2D eigenvalue weighted by Gasteiger charge is 2.31. The van der Waals surface area contributed by atoms with E-state index in [4.69, 9.17) is 5.73 Å². The molecule has 20 heavy (non-hydrogen) atoms. The predicted octanol–water partition coefficient (Wildman–Crippen LogP) is 3.94. The molecule has 0 amide bonds. The topological polar surface area (TPSA) is 35.2 Å². The lowest BCUT2D eigenvalue weighted by molar-refractivity contribution is -0.274. The van der Waals surface area contributed by atoms with Crippen molar-refractivity contribution in [2.45, 2.75) is 19.3 Å². The van der Waals surface area contributed by atoms with Gasteiger partial charge < -0.3 is 10.5 Å². The summed E-state index contributed by atoms with van der Waals surface area (Å²) in [7, 11) is 0. The molecule has 0 radical (unpaired) electrons. The molecule has 2 aromatic rings. The second kappa shape index (κ2) is 5.54. The van der Waals surface area contributed by atoms with Crippen LogP contribution in [-0.2, 0) is 0 Å². The van der Waals surface area contributed by atoms with E-state index in [-0.39, 0.29) is 11.8 Å². The van der Waals surface area contributed by atoms with Gasteiger partial charge in [-0.3, -0.25) is 0 Å². The molecule has 5 heteroatoms. The zero-order chi connectivity index (χ0) is 14.8. The Hall–Kier alpha value is -2.01. The van der Waals surface area contributed by atoms with Crippen LogP contribution in [-0.4, -0.2) is 6.36 Å². The molecule has 0 unspecified atom stereocenters.